The standard InChI is InChI=1S/C15H30O2/c1-2-3-4-5-6-7-8-9-10-11-12-13-14-15(16)17/h2-14H2,1H3,(H,16,17)/p-1. The summed E-state index contributed by atoms with van der Waals surface area (Å²) in [5.74, 6) is -0.905. The Morgan fingerprint density at radius 3 is 1.41 bits per heavy atom. The maximum Gasteiger partial charge on any atom is 0.0414 e. The Hall–Kier alpha value is -0.530. The van der Waals surface area contributed by atoms with Crippen LogP contribution >= 0.6 is 0 Å². The van der Waals surface area contributed by atoms with Crippen LogP contribution in [0.15, 0.2) is 0 Å². The lowest BCUT2D eigenvalue weighted by Crippen LogP contribution is -2.21. The number of hydrogen-bond donors (Lipinski definition) is 0. The number of carboxylic acids is 1. The zero-order valence-electron chi connectivity index (χ0n) is 11.5. The van der Waals surface area contributed by atoms with Gasteiger partial charge in [0.1, 0.15) is 0 Å². The first-order chi connectivity index (χ1) is 8.27. The van der Waals surface area contributed by atoms with Gasteiger partial charge in [0.05, 0.1) is 0 Å². The number of rotatable bonds is 13. The molecule has 0 bridgehead atoms. The quantitative estimate of drug-likeness (QED) is 0.460. The second-order valence-electron chi connectivity index (χ2n) is 5.01. The largest absolute Gasteiger partial charge is 0.550 e. The van der Waals surface area contributed by atoms with Crippen molar-refractivity contribution in [3.8, 4) is 0 Å². The molecule has 0 atom stereocenters. The molecule has 0 aliphatic carbocycles. The first-order valence-electron chi connectivity index (χ1n) is 7.47. The van der Waals surface area contributed by atoms with Gasteiger partial charge in [-0.2, -0.15) is 0 Å². The second kappa shape index (κ2) is 13.5. The van der Waals surface area contributed by atoms with E-state index in [1.54, 1.807) is 0 Å². The first kappa shape index (κ1) is 16.5. The van der Waals surface area contributed by atoms with Crippen LogP contribution in [0, 0.1) is 0 Å². The Morgan fingerprint density at radius 1 is 0.706 bits per heavy atom. The van der Waals surface area contributed by atoms with Crippen LogP contribution in [0.1, 0.15) is 90.4 Å². The molecule has 0 amide bonds. The highest BCUT2D eigenvalue weighted by molar-refractivity contribution is 5.63. The van der Waals surface area contributed by atoms with Crippen LogP contribution in [0.25, 0.3) is 0 Å². The molecule has 0 spiro atoms. The first-order valence-corrected chi connectivity index (χ1v) is 7.47. The van der Waals surface area contributed by atoms with Gasteiger partial charge in [-0.25, -0.2) is 0 Å². The smallest absolute Gasteiger partial charge is 0.0414 e. The van der Waals surface area contributed by atoms with Crippen molar-refractivity contribution in [1.82, 2.24) is 0 Å². The molecule has 0 aromatic heterocycles. The molecule has 0 aromatic carbocycles. The molecule has 0 radical (unpaired) electrons. The van der Waals surface area contributed by atoms with E-state index in [0.29, 0.717) is 0 Å². The van der Waals surface area contributed by atoms with E-state index in [1.165, 1.54) is 64.2 Å². The van der Waals surface area contributed by atoms with Crippen molar-refractivity contribution >= 4 is 5.97 Å². The highest BCUT2D eigenvalue weighted by Crippen LogP contribution is 2.12. The molecular formula is C15H29O2-. The Labute approximate surface area is 107 Å². The van der Waals surface area contributed by atoms with Crippen molar-refractivity contribution in [1.29, 1.82) is 0 Å². The van der Waals surface area contributed by atoms with E-state index in [-0.39, 0.29) is 6.42 Å². The molecule has 0 N–H and O–H groups in total. The van der Waals surface area contributed by atoms with Crippen LogP contribution < -0.4 is 5.11 Å². The van der Waals surface area contributed by atoms with Crippen LogP contribution in [-0.2, 0) is 4.79 Å². The molecule has 0 fully saturated rings. The topological polar surface area (TPSA) is 40.1 Å². The summed E-state index contributed by atoms with van der Waals surface area (Å²) < 4.78 is 0. The highest BCUT2D eigenvalue weighted by Gasteiger charge is 1.93. The van der Waals surface area contributed by atoms with Gasteiger partial charge in [0, 0.05) is 5.97 Å². The van der Waals surface area contributed by atoms with E-state index < -0.39 is 5.97 Å². The molecule has 0 saturated heterocycles. The van der Waals surface area contributed by atoms with E-state index in [9.17, 15) is 9.90 Å². The summed E-state index contributed by atoms with van der Waals surface area (Å²) in [4.78, 5) is 10.2. The van der Waals surface area contributed by atoms with Gasteiger partial charge in [0.15, 0.2) is 0 Å². The summed E-state index contributed by atoms with van der Waals surface area (Å²) in [6.45, 7) is 2.25. The predicted octanol–water partition coefficient (Wildman–Crippen LogP) is 3.83. The summed E-state index contributed by atoms with van der Waals surface area (Å²) in [5, 5.41) is 10.2. The van der Waals surface area contributed by atoms with Crippen molar-refractivity contribution in [2.75, 3.05) is 0 Å². The van der Waals surface area contributed by atoms with Crippen molar-refractivity contribution < 1.29 is 9.90 Å². The van der Waals surface area contributed by atoms with Crippen LogP contribution in [-0.4, -0.2) is 5.97 Å². The van der Waals surface area contributed by atoms with E-state index in [4.69, 9.17) is 0 Å². The monoisotopic (exact) mass is 241 g/mol. The molecule has 2 nitrogen and oxygen atoms in total. The lowest BCUT2D eigenvalue weighted by molar-refractivity contribution is -0.305. The van der Waals surface area contributed by atoms with Crippen LogP contribution in [0.3, 0.4) is 0 Å². The maximum atomic E-state index is 10.2. The third kappa shape index (κ3) is 15.5. The number of carbonyl (C=O) groups is 1. The fourth-order valence-corrected chi connectivity index (χ4v) is 2.11. The van der Waals surface area contributed by atoms with Crippen LogP contribution in [0.4, 0.5) is 0 Å². The molecule has 0 aliphatic heterocycles. The molecule has 0 saturated carbocycles. The van der Waals surface area contributed by atoms with E-state index in [1.807, 2.05) is 0 Å². The number of carbonyl (C=O) groups excluding carboxylic acids is 1. The molecule has 0 aromatic rings. The fourth-order valence-electron chi connectivity index (χ4n) is 2.11. The summed E-state index contributed by atoms with van der Waals surface area (Å²) >= 11 is 0. The predicted molar refractivity (Wildman–Crippen MR) is 70.7 cm³/mol. The molecule has 2 heteroatoms. The average Bonchev–Trinajstić information content (AvgIpc) is 2.30. The molecule has 102 valence electrons. The normalized spacial score (nSPS) is 10.6. The second-order valence-corrected chi connectivity index (χ2v) is 5.01. The van der Waals surface area contributed by atoms with E-state index in [2.05, 4.69) is 6.92 Å². The highest BCUT2D eigenvalue weighted by atomic mass is 16.4. The Kier molecular flexibility index (Phi) is 13.1. The van der Waals surface area contributed by atoms with Crippen molar-refractivity contribution in [2.24, 2.45) is 0 Å². The van der Waals surface area contributed by atoms with Crippen molar-refractivity contribution in [3.63, 3.8) is 0 Å². The van der Waals surface area contributed by atoms with Crippen molar-refractivity contribution in [2.45, 2.75) is 90.4 Å². The third-order valence-corrected chi connectivity index (χ3v) is 3.23. The Balaban J connectivity index is 2.91. The number of unbranched alkanes of at least 4 members (excludes halogenated alkanes) is 11. The number of aliphatic carboxylic acids is 1. The minimum Gasteiger partial charge on any atom is -0.550 e. The van der Waals surface area contributed by atoms with E-state index >= 15 is 0 Å². The van der Waals surface area contributed by atoms with E-state index in [0.717, 1.165) is 12.8 Å². The lowest BCUT2D eigenvalue weighted by atomic mass is 10.0. The van der Waals surface area contributed by atoms with Gasteiger partial charge >= 0.3 is 0 Å². The average molecular weight is 241 g/mol. The summed E-state index contributed by atoms with van der Waals surface area (Å²) in [5.41, 5.74) is 0. The number of carboxylic acid groups (broad SMARTS) is 1. The minimum atomic E-state index is -0.905. The molecule has 0 heterocycles. The number of hydrogen-bond acceptors (Lipinski definition) is 2. The van der Waals surface area contributed by atoms with Gasteiger partial charge in [-0.05, 0) is 12.8 Å². The Bertz CT molecular complexity index is 166. The van der Waals surface area contributed by atoms with Gasteiger partial charge in [-0.15, -0.1) is 0 Å². The zero-order chi connectivity index (χ0) is 12.8. The van der Waals surface area contributed by atoms with Gasteiger partial charge in [0.2, 0.25) is 0 Å². The molecule has 17 heavy (non-hydrogen) atoms. The fraction of sp³-hybridized carbons (Fsp3) is 0.933. The molecule has 0 rings (SSSR count). The summed E-state index contributed by atoms with van der Waals surface area (Å²) in [6.07, 6.45) is 15.5. The molecule has 0 aliphatic rings. The Morgan fingerprint density at radius 2 is 1.06 bits per heavy atom. The molecular weight excluding hydrogens is 212 g/mol. The van der Waals surface area contributed by atoms with Gasteiger partial charge in [0.25, 0.3) is 0 Å². The summed E-state index contributed by atoms with van der Waals surface area (Å²) in [7, 11) is 0. The van der Waals surface area contributed by atoms with Gasteiger partial charge in [-0.1, -0.05) is 77.6 Å². The van der Waals surface area contributed by atoms with Crippen molar-refractivity contribution in [3.05, 3.63) is 0 Å². The minimum absolute atomic E-state index is 0.234. The van der Waals surface area contributed by atoms with Crippen LogP contribution in [0.2, 0.25) is 0 Å². The van der Waals surface area contributed by atoms with Gasteiger partial charge in [-0.3, -0.25) is 0 Å². The maximum absolute atomic E-state index is 10.2. The van der Waals surface area contributed by atoms with Gasteiger partial charge < -0.3 is 9.90 Å². The third-order valence-electron chi connectivity index (χ3n) is 3.23. The lowest BCUT2D eigenvalue weighted by Gasteiger charge is -2.03. The summed E-state index contributed by atoms with van der Waals surface area (Å²) in [6, 6.07) is 0. The molecule has 0 unspecified atom stereocenters. The zero-order valence-corrected chi connectivity index (χ0v) is 11.5. The SMILES string of the molecule is CCCCCCCCCCCCCCC(=O)[O-]. The van der Waals surface area contributed by atoms with Crippen LogP contribution in [0.5, 0.6) is 0 Å².